The number of halogens is 4. The molecule has 1 fully saturated rings. The van der Waals surface area contributed by atoms with Gasteiger partial charge >= 0.3 is 12.2 Å². The lowest BCUT2D eigenvalue weighted by molar-refractivity contribution is -0.138. The fourth-order valence-electron chi connectivity index (χ4n) is 3.90. The van der Waals surface area contributed by atoms with Crippen molar-refractivity contribution in [3.8, 4) is 0 Å². The maximum Gasteiger partial charge on any atom is 0.416 e. The first-order valence-corrected chi connectivity index (χ1v) is 11.2. The van der Waals surface area contributed by atoms with Gasteiger partial charge < -0.3 is 10.2 Å². The number of urea groups is 1. The van der Waals surface area contributed by atoms with Crippen molar-refractivity contribution in [3.05, 3.63) is 52.0 Å². The molecule has 1 aliphatic heterocycles. The summed E-state index contributed by atoms with van der Waals surface area (Å²) in [5.74, 6) is 0.320. The standard InChI is InChI=1S/C22H24BrF3N6O/c1-30-7-9-32(10-8-30)13-14-3-5-16(12-18(14)22(24,25)26)27-21(33)28-20-17-6-4-15(23)11-19(17)31(2)29-20/h3-6,11-12H,7-10,13H2,1-2H3,(H2,27,28,29,33). The molecule has 0 aliphatic carbocycles. The Kier molecular flexibility index (Phi) is 6.64. The van der Waals surface area contributed by atoms with Gasteiger partial charge in [-0.05, 0) is 42.9 Å². The number of hydrogen-bond acceptors (Lipinski definition) is 4. The molecule has 7 nitrogen and oxygen atoms in total. The lowest BCUT2D eigenvalue weighted by Crippen LogP contribution is -2.44. The average molecular weight is 525 g/mol. The summed E-state index contributed by atoms with van der Waals surface area (Å²) in [5.41, 5.74) is 0.309. The van der Waals surface area contributed by atoms with Crippen LogP contribution < -0.4 is 10.6 Å². The van der Waals surface area contributed by atoms with Crippen LogP contribution in [-0.2, 0) is 19.8 Å². The van der Waals surface area contributed by atoms with Gasteiger partial charge in [-0.15, -0.1) is 0 Å². The van der Waals surface area contributed by atoms with E-state index in [0.29, 0.717) is 24.3 Å². The van der Waals surface area contributed by atoms with Gasteiger partial charge in [0.1, 0.15) is 0 Å². The number of hydrogen-bond donors (Lipinski definition) is 2. The number of anilines is 2. The molecule has 2 N–H and O–H groups in total. The highest BCUT2D eigenvalue weighted by atomic mass is 79.9. The van der Waals surface area contributed by atoms with Crippen LogP contribution in [0.1, 0.15) is 11.1 Å². The normalized spacial score (nSPS) is 15.7. The highest BCUT2D eigenvalue weighted by Gasteiger charge is 2.34. The third-order valence-corrected chi connectivity index (χ3v) is 6.20. The first-order valence-electron chi connectivity index (χ1n) is 10.4. The average Bonchev–Trinajstić information content (AvgIpc) is 3.04. The largest absolute Gasteiger partial charge is 0.416 e. The second-order valence-electron chi connectivity index (χ2n) is 8.16. The summed E-state index contributed by atoms with van der Waals surface area (Å²) in [5, 5.41) is 10.1. The van der Waals surface area contributed by atoms with E-state index in [2.05, 4.69) is 36.6 Å². The monoisotopic (exact) mass is 524 g/mol. The van der Waals surface area contributed by atoms with Gasteiger partial charge in [-0.3, -0.25) is 14.9 Å². The Morgan fingerprint density at radius 3 is 2.48 bits per heavy atom. The van der Waals surface area contributed by atoms with E-state index >= 15 is 0 Å². The van der Waals surface area contributed by atoms with Crippen molar-refractivity contribution in [2.75, 3.05) is 43.9 Å². The van der Waals surface area contributed by atoms with Crippen molar-refractivity contribution in [2.45, 2.75) is 12.7 Å². The second-order valence-corrected chi connectivity index (χ2v) is 9.08. The SMILES string of the molecule is CN1CCN(Cc2ccc(NC(=O)Nc3nn(C)c4cc(Br)ccc34)cc2C(F)(F)F)CC1. The van der Waals surface area contributed by atoms with Crippen LogP contribution >= 0.6 is 15.9 Å². The first kappa shape index (κ1) is 23.5. The predicted molar refractivity (Wildman–Crippen MR) is 125 cm³/mol. The lowest BCUT2D eigenvalue weighted by Gasteiger charge is -2.33. The number of alkyl halides is 3. The molecule has 176 valence electrons. The predicted octanol–water partition coefficient (Wildman–Crippen LogP) is 4.75. The molecule has 0 saturated carbocycles. The number of piperazine rings is 1. The van der Waals surface area contributed by atoms with Gasteiger partial charge in [0, 0.05) is 55.3 Å². The van der Waals surface area contributed by atoms with Crippen LogP contribution in [0.4, 0.5) is 29.5 Å². The fourth-order valence-corrected chi connectivity index (χ4v) is 4.24. The number of carbonyl (C=O) groups excluding carboxylic acids is 1. The summed E-state index contributed by atoms with van der Waals surface area (Å²) in [7, 11) is 3.74. The Morgan fingerprint density at radius 1 is 1.06 bits per heavy atom. The molecule has 2 heterocycles. The number of fused-ring (bicyclic) bond motifs is 1. The van der Waals surface area contributed by atoms with Crippen molar-refractivity contribution in [2.24, 2.45) is 7.05 Å². The number of nitrogens with one attached hydrogen (secondary N) is 2. The molecular weight excluding hydrogens is 501 g/mol. The molecular formula is C22H24BrF3N6O. The summed E-state index contributed by atoms with van der Waals surface area (Å²) in [6.45, 7) is 3.28. The van der Waals surface area contributed by atoms with Crippen molar-refractivity contribution in [1.29, 1.82) is 0 Å². The molecule has 0 atom stereocenters. The molecule has 2 aromatic carbocycles. The van der Waals surface area contributed by atoms with E-state index in [1.165, 1.54) is 12.1 Å². The summed E-state index contributed by atoms with van der Waals surface area (Å²) >= 11 is 3.40. The lowest BCUT2D eigenvalue weighted by atomic mass is 10.0. The van der Waals surface area contributed by atoms with E-state index < -0.39 is 17.8 Å². The zero-order valence-corrected chi connectivity index (χ0v) is 19.8. The molecule has 1 aliphatic rings. The Bertz CT molecular complexity index is 1170. The minimum atomic E-state index is -4.53. The van der Waals surface area contributed by atoms with Crippen LogP contribution in [0.25, 0.3) is 10.9 Å². The maximum absolute atomic E-state index is 13.8. The summed E-state index contributed by atoms with van der Waals surface area (Å²) in [6.07, 6.45) is -4.53. The molecule has 0 unspecified atom stereocenters. The fraction of sp³-hybridized carbons (Fsp3) is 0.364. The van der Waals surface area contributed by atoms with E-state index in [0.717, 1.165) is 29.1 Å². The molecule has 0 spiro atoms. The molecule has 0 radical (unpaired) electrons. The summed E-state index contributed by atoms with van der Waals surface area (Å²) in [6, 6.07) is 8.73. The van der Waals surface area contributed by atoms with Gasteiger partial charge in [-0.25, -0.2) is 4.79 Å². The first-order chi connectivity index (χ1) is 15.6. The Hall–Kier alpha value is -2.63. The summed E-state index contributed by atoms with van der Waals surface area (Å²) in [4.78, 5) is 16.7. The van der Waals surface area contributed by atoms with Gasteiger partial charge in [-0.1, -0.05) is 22.0 Å². The number of benzene rings is 2. The van der Waals surface area contributed by atoms with E-state index in [-0.39, 0.29) is 17.8 Å². The second kappa shape index (κ2) is 9.32. The number of likely N-dealkylation sites (N-methyl/N-ethyl adjacent to an activating group) is 1. The third-order valence-electron chi connectivity index (χ3n) is 5.71. The van der Waals surface area contributed by atoms with E-state index in [1.54, 1.807) is 17.8 Å². The topological polar surface area (TPSA) is 65.4 Å². The van der Waals surface area contributed by atoms with Crippen molar-refractivity contribution in [1.82, 2.24) is 19.6 Å². The Morgan fingerprint density at radius 2 is 1.79 bits per heavy atom. The number of carbonyl (C=O) groups is 1. The number of nitrogens with zero attached hydrogens (tertiary/aromatic N) is 4. The van der Waals surface area contributed by atoms with Crippen molar-refractivity contribution in [3.63, 3.8) is 0 Å². The van der Waals surface area contributed by atoms with Gasteiger partial charge in [-0.2, -0.15) is 18.3 Å². The molecule has 1 saturated heterocycles. The highest BCUT2D eigenvalue weighted by molar-refractivity contribution is 9.10. The van der Waals surface area contributed by atoms with Crippen LogP contribution in [0.2, 0.25) is 0 Å². The molecule has 3 aromatic rings. The minimum absolute atomic E-state index is 0.0601. The molecule has 11 heteroatoms. The highest BCUT2D eigenvalue weighted by Crippen LogP contribution is 2.35. The maximum atomic E-state index is 13.8. The smallest absolute Gasteiger partial charge is 0.308 e. The van der Waals surface area contributed by atoms with Crippen LogP contribution in [0.15, 0.2) is 40.9 Å². The van der Waals surface area contributed by atoms with Gasteiger partial charge in [0.15, 0.2) is 5.82 Å². The van der Waals surface area contributed by atoms with Crippen LogP contribution in [0.5, 0.6) is 0 Å². The number of aromatic nitrogens is 2. The molecule has 0 bridgehead atoms. The van der Waals surface area contributed by atoms with Crippen LogP contribution in [0.3, 0.4) is 0 Å². The van der Waals surface area contributed by atoms with E-state index in [1.807, 2.05) is 24.1 Å². The molecule has 1 aromatic heterocycles. The van der Waals surface area contributed by atoms with E-state index in [4.69, 9.17) is 0 Å². The van der Waals surface area contributed by atoms with E-state index in [9.17, 15) is 18.0 Å². The number of amides is 2. The summed E-state index contributed by atoms with van der Waals surface area (Å²) < 4.78 is 43.8. The number of rotatable bonds is 4. The zero-order chi connectivity index (χ0) is 23.8. The van der Waals surface area contributed by atoms with Crippen molar-refractivity contribution < 1.29 is 18.0 Å². The quantitative estimate of drug-likeness (QED) is 0.517. The Labute approximate surface area is 197 Å². The third kappa shape index (κ3) is 5.48. The molecule has 33 heavy (non-hydrogen) atoms. The Balaban J connectivity index is 1.50. The molecule has 4 rings (SSSR count). The van der Waals surface area contributed by atoms with Gasteiger partial charge in [0.05, 0.1) is 11.1 Å². The van der Waals surface area contributed by atoms with Gasteiger partial charge in [0.25, 0.3) is 0 Å². The van der Waals surface area contributed by atoms with Crippen LogP contribution in [0, 0.1) is 0 Å². The van der Waals surface area contributed by atoms with Gasteiger partial charge in [0.2, 0.25) is 0 Å². The van der Waals surface area contributed by atoms with Crippen molar-refractivity contribution >= 4 is 44.4 Å². The zero-order valence-electron chi connectivity index (χ0n) is 18.2. The molecule has 2 amide bonds. The van der Waals surface area contributed by atoms with Crippen LogP contribution in [-0.4, -0.2) is 58.8 Å². The number of aryl methyl sites for hydroxylation is 1. The minimum Gasteiger partial charge on any atom is -0.308 e.